The highest BCUT2D eigenvalue weighted by molar-refractivity contribution is 5.71. The summed E-state index contributed by atoms with van der Waals surface area (Å²) in [4.78, 5) is 14.4. The lowest BCUT2D eigenvalue weighted by atomic mass is 9.96. The van der Waals surface area contributed by atoms with E-state index in [0.29, 0.717) is 19.5 Å². The van der Waals surface area contributed by atoms with Gasteiger partial charge in [0.1, 0.15) is 5.60 Å². The van der Waals surface area contributed by atoms with Crippen LogP contribution >= 0.6 is 0 Å². The van der Waals surface area contributed by atoms with Crippen LogP contribution in [0.4, 0.5) is 4.79 Å². The zero-order chi connectivity index (χ0) is 16.8. The van der Waals surface area contributed by atoms with Gasteiger partial charge in [-0.15, -0.1) is 0 Å². The first-order valence-electron chi connectivity index (χ1n) is 8.25. The molecule has 1 amide bonds. The average molecular weight is 273 g/mol. The van der Waals surface area contributed by atoms with Crippen molar-refractivity contribution < 1.29 is 18.4 Å². The van der Waals surface area contributed by atoms with Crippen LogP contribution in [0.25, 0.3) is 0 Å². The molecule has 2 rings (SSSR count). The minimum absolute atomic E-state index is 0.0225. The lowest BCUT2D eigenvalue weighted by Crippen LogP contribution is -2.69. The van der Waals surface area contributed by atoms with E-state index in [1.165, 1.54) is 0 Å². The van der Waals surface area contributed by atoms with E-state index in [2.05, 4.69) is 5.32 Å². The summed E-state index contributed by atoms with van der Waals surface area (Å²) < 4.78 is 32.3. The first kappa shape index (κ1) is 10.9. The van der Waals surface area contributed by atoms with E-state index in [1.54, 1.807) is 4.90 Å². The van der Waals surface area contributed by atoms with Crippen molar-refractivity contribution in [1.29, 1.82) is 0 Å². The number of hydrogen-bond acceptors (Lipinski definition) is 4. The number of amides is 1. The predicted octanol–water partition coefficient (Wildman–Crippen LogP) is 1.76. The number of piperazine rings is 1. The van der Waals surface area contributed by atoms with Crippen molar-refractivity contribution in [1.82, 2.24) is 10.2 Å². The molecule has 0 aliphatic carbocycles. The van der Waals surface area contributed by atoms with Crippen molar-refractivity contribution in [3.8, 4) is 0 Å². The molecular formula is C14H26N2O3. The molecule has 1 N–H and O–H groups in total. The summed E-state index contributed by atoms with van der Waals surface area (Å²) in [5, 5.41) is 3.30. The molecule has 5 heteroatoms. The van der Waals surface area contributed by atoms with Crippen molar-refractivity contribution >= 4 is 6.09 Å². The summed E-state index contributed by atoms with van der Waals surface area (Å²) >= 11 is 0. The molecular weight excluding hydrogens is 244 g/mol. The van der Waals surface area contributed by atoms with Gasteiger partial charge in [-0.1, -0.05) is 0 Å². The van der Waals surface area contributed by atoms with Crippen molar-refractivity contribution in [3.05, 3.63) is 0 Å². The van der Waals surface area contributed by atoms with Gasteiger partial charge in [0.05, 0.1) is 21.8 Å². The van der Waals surface area contributed by atoms with Crippen LogP contribution in [0.5, 0.6) is 0 Å². The largest absolute Gasteiger partial charge is 0.444 e. The number of ether oxygens (including phenoxy) is 2. The summed E-state index contributed by atoms with van der Waals surface area (Å²) in [6.45, 7) is 8.63. The fraction of sp³-hybridized carbons (Fsp3) is 0.929. The number of nitrogens with one attached hydrogen (secondary N) is 1. The molecule has 0 aromatic heterocycles. The highest BCUT2D eigenvalue weighted by Crippen LogP contribution is 2.44. The molecule has 19 heavy (non-hydrogen) atoms. The number of methoxy groups -OCH3 is 1. The standard InChI is InChI=1S/C14H26N2O3/c1-12(2,3)19-11(17)16-13(4)6-7-14(16,10-18-5)9-15-8-13/h15H,6-10H2,1-5H3/i5D3. The van der Waals surface area contributed by atoms with Crippen LogP contribution in [0.1, 0.15) is 44.6 Å². The monoisotopic (exact) mass is 273 g/mol. The summed E-state index contributed by atoms with van der Waals surface area (Å²) in [6.07, 6.45) is 1.10. The molecule has 0 spiro atoms. The SMILES string of the molecule is [2H]C([2H])([2H])OCC12CCC(C)(CNC1)N2C(=O)OC(C)(C)C. The Labute approximate surface area is 119 Å². The first-order chi connectivity index (χ1) is 9.87. The number of carbonyl (C=O) groups is 1. The first-order valence-corrected chi connectivity index (χ1v) is 6.75. The zero-order valence-corrected chi connectivity index (χ0v) is 12.2. The zero-order valence-electron chi connectivity index (χ0n) is 15.2. The number of carbonyl (C=O) groups excluding carboxylic acids is 1. The Balaban J connectivity index is 2.24. The quantitative estimate of drug-likeness (QED) is 0.833. The number of rotatable bonds is 2. The van der Waals surface area contributed by atoms with Gasteiger partial charge in [0.15, 0.2) is 0 Å². The maximum Gasteiger partial charge on any atom is 0.411 e. The molecule has 0 aromatic carbocycles. The molecule has 2 aliphatic rings. The van der Waals surface area contributed by atoms with Gasteiger partial charge >= 0.3 is 6.09 Å². The smallest absolute Gasteiger partial charge is 0.411 e. The van der Waals surface area contributed by atoms with E-state index >= 15 is 0 Å². The maximum atomic E-state index is 12.7. The summed E-state index contributed by atoms with van der Waals surface area (Å²) in [7, 11) is -2.47. The Hall–Kier alpha value is -0.810. The normalized spacial score (nSPS) is 37.5. The number of hydrogen-bond donors (Lipinski definition) is 1. The van der Waals surface area contributed by atoms with E-state index < -0.39 is 24.3 Å². The highest BCUT2D eigenvalue weighted by Gasteiger charge is 2.58. The Morgan fingerprint density at radius 2 is 2.16 bits per heavy atom. The Kier molecular flexibility index (Phi) is 2.66. The van der Waals surface area contributed by atoms with Gasteiger partial charge in [0.25, 0.3) is 0 Å². The molecule has 5 nitrogen and oxygen atoms in total. The van der Waals surface area contributed by atoms with Crippen LogP contribution in [-0.2, 0) is 9.47 Å². The van der Waals surface area contributed by atoms with Gasteiger partial charge in [-0.3, -0.25) is 4.90 Å². The van der Waals surface area contributed by atoms with Gasteiger partial charge in [0.2, 0.25) is 0 Å². The molecule has 2 fully saturated rings. The molecule has 0 saturated carbocycles. The minimum atomic E-state index is -2.47. The fourth-order valence-electron chi connectivity index (χ4n) is 3.24. The molecule has 2 bridgehead atoms. The third-order valence-corrected chi connectivity index (χ3v) is 4.02. The molecule has 110 valence electrons. The molecule has 2 heterocycles. The minimum Gasteiger partial charge on any atom is -0.444 e. The van der Waals surface area contributed by atoms with E-state index in [4.69, 9.17) is 13.6 Å². The van der Waals surface area contributed by atoms with Crippen molar-refractivity contribution in [3.63, 3.8) is 0 Å². The molecule has 2 atom stereocenters. The molecule has 2 aliphatic heterocycles. The summed E-state index contributed by atoms with van der Waals surface area (Å²) in [6, 6.07) is 0. The van der Waals surface area contributed by atoms with Gasteiger partial charge in [-0.05, 0) is 40.5 Å². The van der Waals surface area contributed by atoms with Crippen molar-refractivity contribution in [2.24, 2.45) is 0 Å². The maximum absolute atomic E-state index is 12.7. The second-order valence-electron chi connectivity index (χ2n) is 6.93. The topological polar surface area (TPSA) is 50.8 Å². The van der Waals surface area contributed by atoms with E-state index in [9.17, 15) is 4.79 Å². The van der Waals surface area contributed by atoms with Crippen LogP contribution in [-0.4, -0.2) is 54.4 Å². The van der Waals surface area contributed by atoms with Crippen molar-refractivity contribution in [2.45, 2.75) is 57.2 Å². The predicted molar refractivity (Wildman–Crippen MR) is 73.2 cm³/mol. The summed E-state index contributed by atoms with van der Waals surface area (Å²) in [5.41, 5.74) is -1.63. The number of nitrogens with zero attached hydrogens (tertiary/aromatic N) is 1. The second kappa shape index (κ2) is 4.63. The van der Waals surface area contributed by atoms with Gasteiger partial charge < -0.3 is 14.8 Å². The van der Waals surface area contributed by atoms with Crippen LogP contribution in [0.2, 0.25) is 0 Å². The lowest BCUT2D eigenvalue weighted by molar-refractivity contribution is -0.0505. The fourth-order valence-corrected chi connectivity index (χ4v) is 3.24. The van der Waals surface area contributed by atoms with Gasteiger partial charge in [0, 0.05) is 20.1 Å². The van der Waals surface area contributed by atoms with Gasteiger partial charge in [-0.25, -0.2) is 4.79 Å². The molecule has 2 saturated heterocycles. The Morgan fingerprint density at radius 1 is 1.42 bits per heavy atom. The third-order valence-electron chi connectivity index (χ3n) is 4.02. The van der Waals surface area contributed by atoms with Crippen LogP contribution in [0.15, 0.2) is 0 Å². The molecule has 0 radical (unpaired) electrons. The molecule has 2 unspecified atom stereocenters. The second-order valence-corrected chi connectivity index (χ2v) is 6.93. The Bertz CT molecular complexity index is 450. The third kappa shape index (κ3) is 2.58. The Morgan fingerprint density at radius 3 is 2.79 bits per heavy atom. The van der Waals surface area contributed by atoms with E-state index in [-0.39, 0.29) is 12.1 Å². The highest BCUT2D eigenvalue weighted by atomic mass is 16.6. The van der Waals surface area contributed by atoms with Crippen LogP contribution in [0, 0.1) is 0 Å². The van der Waals surface area contributed by atoms with E-state index in [1.807, 2.05) is 27.7 Å². The van der Waals surface area contributed by atoms with E-state index in [0.717, 1.165) is 6.42 Å². The summed E-state index contributed by atoms with van der Waals surface area (Å²) in [5.74, 6) is 0. The van der Waals surface area contributed by atoms with Crippen LogP contribution < -0.4 is 5.32 Å². The van der Waals surface area contributed by atoms with Gasteiger partial charge in [-0.2, -0.15) is 0 Å². The lowest BCUT2D eigenvalue weighted by Gasteiger charge is -2.49. The number of fused-ring (bicyclic) bond motifs is 2. The molecule has 0 aromatic rings. The van der Waals surface area contributed by atoms with Crippen LogP contribution in [0.3, 0.4) is 0 Å². The van der Waals surface area contributed by atoms with Crippen molar-refractivity contribution in [2.75, 3.05) is 26.7 Å². The average Bonchev–Trinajstić information content (AvgIpc) is 2.48.